The Balaban J connectivity index is 1.70. The molecule has 21 heavy (non-hydrogen) atoms. The van der Waals surface area contributed by atoms with Crippen LogP contribution in [0.4, 0.5) is 0 Å². The van der Waals surface area contributed by atoms with Gasteiger partial charge in [0.05, 0.1) is 16.3 Å². The molecule has 0 aliphatic carbocycles. The molecule has 3 aromatic heterocycles. The number of nitrogens with zero attached hydrogens (tertiary/aromatic N) is 4. The topological polar surface area (TPSA) is 55.1 Å². The molecule has 6 heteroatoms. The minimum atomic E-state index is 0.699. The first kappa shape index (κ1) is 13.9. The zero-order valence-electron chi connectivity index (χ0n) is 12.0. The molecule has 108 valence electrons. The van der Waals surface area contributed by atoms with Crippen molar-refractivity contribution >= 4 is 11.3 Å². The fraction of sp³-hybridized carbons (Fsp3) is 0.267. The predicted octanol–water partition coefficient (Wildman–Crippen LogP) is 3.13. The second-order valence-corrected chi connectivity index (χ2v) is 5.82. The first-order chi connectivity index (χ1) is 10.2. The number of hydrogen-bond donors (Lipinski definition) is 0. The van der Waals surface area contributed by atoms with Crippen LogP contribution >= 0.6 is 11.3 Å². The molecule has 0 fully saturated rings. The Morgan fingerprint density at radius 3 is 2.90 bits per heavy atom. The maximum atomic E-state index is 5.75. The van der Waals surface area contributed by atoms with Crippen LogP contribution in [0.15, 0.2) is 40.5 Å². The molecule has 0 aliphatic rings. The molecule has 0 bridgehead atoms. The highest BCUT2D eigenvalue weighted by Gasteiger charge is 2.14. The van der Waals surface area contributed by atoms with Gasteiger partial charge < -0.3 is 4.42 Å². The van der Waals surface area contributed by atoms with Crippen LogP contribution in [0.25, 0.3) is 10.8 Å². The number of aryl methyl sites for hydroxylation is 1. The molecule has 0 saturated carbocycles. The first-order valence-electron chi connectivity index (χ1n) is 6.66. The molecular formula is C15H16N4OS. The molecule has 0 atom stereocenters. The van der Waals surface area contributed by atoms with Gasteiger partial charge in [-0.25, -0.2) is 4.98 Å². The van der Waals surface area contributed by atoms with E-state index in [1.807, 2.05) is 31.5 Å². The van der Waals surface area contributed by atoms with Crippen LogP contribution in [0.3, 0.4) is 0 Å². The monoisotopic (exact) mass is 300 g/mol. The number of rotatable bonds is 5. The molecule has 3 rings (SSSR count). The third kappa shape index (κ3) is 3.34. The second-order valence-electron chi connectivity index (χ2n) is 4.87. The molecule has 0 radical (unpaired) electrons. The molecule has 0 aromatic carbocycles. The van der Waals surface area contributed by atoms with Gasteiger partial charge >= 0.3 is 0 Å². The molecule has 0 N–H and O–H groups in total. The Kier molecular flexibility index (Phi) is 4.08. The Hall–Kier alpha value is -2.05. The van der Waals surface area contributed by atoms with Gasteiger partial charge in [-0.05, 0) is 25.4 Å². The fourth-order valence-corrected chi connectivity index (χ4v) is 2.73. The summed E-state index contributed by atoms with van der Waals surface area (Å²) in [5, 5.41) is 2.02. The van der Waals surface area contributed by atoms with E-state index in [1.54, 1.807) is 29.9 Å². The van der Waals surface area contributed by atoms with E-state index in [9.17, 15) is 0 Å². The minimum Gasteiger partial charge on any atom is -0.440 e. The van der Waals surface area contributed by atoms with E-state index in [4.69, 9.17) is 4.42 Å². The molecule has 5 nitrogen and oxygen atoms in total. The van der Waals surface area contributed by atoms with Crippen LogP contribution in [0, 0.1) is 6.92 Å². The lowest BCUT2D eigenvalue weighted by Crippen LogP contribution is -2.18. The number of oxazole rings is 1. The predicted molar refractivity (Wildman–Crippen MR) is 81.8 cm³/mol. The maximum Gasteiger partial charge on any atom is 0.236 e. The fourth-order valence-electron chi connectivity index (χ4n) is 2.08. The quantitative estimate of drug-likeness (QED) is 0.724. The van der Waals surface area contributed by atoms with Gasteiger partial charge in [0.1, 0.15) is 5.76 Å². The zero-order valence-corrected chi connectivity index (χ0v) is 12.8. The minimum absolute atomic E-state index is 0.699. The van der Waals surface area contributed by atoms with Crippen molar-refractivity contribution in [3.8, 4) is 10.8 Å². The van der Waals surface area contributed by atoms with Crippen LogP contribution in [0.1, 0.15) is 17.1 Å². The Morgan fingerprint density at radius 1 is 1.29 bits per heavy atom. The molecule has 3 heterocycles. The van der Waals surface area contributed by atoms with E-state index in [1.165, 1.54) is 0 Å². The summed E-state index contributed by atoms with van der Waals surface area (Å²) in [5.41, 5.74) is 1.91. The van der Waals surface area contributed by atoms with Gasteiger partial charge in [0.15, 0.2) is 0 Å². The molecular weight excluding hydrogens is 284 g/mol. The van der Waals surface area contributed by atoms with Crippen molar-refractivity contribution in [3.63, 3.8) is 0 Å². The van der Waals surface area contributed by atoms with Crippen molar-refractivity contribution in [1.82, 2.24) is 19.9 Å². The number of hydrogen-bond acceptors (Lipinski definition) is 6. The summed E-state index contributed by atoms with van der Waals surface area (Å²) in [6.45, 7) is 3.40. The van der Waals surface area contributed by atoms with Gasteiger partial charge in [-0.15, -0.1) is 11.3 Å². The van der Waals surface area contributed by atoms with Crippen LogP contribution in [-0.2, 0) is 13.1 Å². The zero-order chi connectivity index (χ0) is 14.7. The number of thiophene rings is 1. The normalized spacial score (nSPS) is 11.2. The van der Waals surface area contributed by atoms with Crippen molar-refractivity contribution in [2.45, 2.75) is 20.0 Å². The van der Waals surface area contributed by atoms with Crippen LogP contribution in [0.5, 0.6) is 0 Å². The third-order valence-electron chi connectivity index (χ3n) is 3.09. The highest BCUT2D eigenvalue weighted by Crippen LogP contribution is 2.26. The van der Waals surface area contributed by atoms with Crippen molar-refractivity contribution in [3.05, 3.63) is 53.3 Å². The van der Waals surface area contributed by atoms with Crippen molar-refractivity contribution in [2.24, 2.45) is 0 Å². The highest BCUT2D eigenvalue weighted by molar-refractivity contribution is 7.13. The van der Waals surface area contributed by atoms with Gasteiger partial charge in [0, 0.05) is 31.7 Å². The summed E-state index contributed by atoms with van der Waals surface area (Å²) in [6.07, 6.45) is 5.17. The van der Waals surface area contributed by atoms with Gasteiger partial charge in [-0.3, -0.25) is 14.9 Å². The summed E-state index contributed by atoms with van der Waals surface area (Å²) in [4.78, 5) is 16.2. The largest absolute Gasteiger partial charge is 0.440 e. The van der Waals surface area contributed by atoms with Crippen molar-refractivity contribution in [2.75, 3.05) is 7.05 Å². The Morgan fingerprint density at radius 2 is 2.19 bits per heavy atom. The molecule has 3 aromatic rings. The second kappa shape index (κ2) is 6.15. The summed E-state index contributed by atoms with van der Waals surface area (Å²) < 4.78 is 5.75. The van der Waals surface area contributed by atoms with Gasteiger partial charge in [0.25, 0.3) is 0 Å². The van der Waals surface area contributed by atoms with Crippen molar-refractivity contribution < 1.29 is 4.42 Å². The van der Waals surface area contributed by atoms with E-state index in [0.717, 1.165) is 35.1 Å². The van der Waals surface area contributed by atoms with E-state index >= 15 is 0 Å². The average Bonchev–Trinajstić information content (AvgIpc) is 3.10. The summed E-state index contributed by atoms with van der Waals surface area (Å²) >= 11 is 1.63. The van der Waals surface area contributed by atoms with Crippen LogP contribution in [-0.4, -0.2) is 26.9 Å². The highest BCUT2D eigenvalue weighted by atomic mass is 32.1. The first-order valence-corrected chi connectivity index (χ1v) is 7.54. The summed E-state index contributed by atoms with van der Waals surface area (Å²) in [5.74, 6) is 1.56. The van der Waals surface area contributed by atoms with Crippen molar-refractivity contribution in [1.29, 1.82) is 0 Å². The third-order valence-corrected chi connectivity index (χ3v) is 3.95. The molecule has 0 saturated heterocycles. The standard InChI is InChI=1S/C15H16N4OS/c1-11-13(18-15(20-11)14-4-3-7-21-14)10-19(2)9-12-8-16-5-6-17-12/h3-8H,9-10H2,1-2H3. The lowest BCUT2D eigenvalue weighted by molar-refractivity contribution is 0.309. The molecule has 0 amide bonds. The van der Waals surface area contributed by atoms with E-state index in [2.05, 4.69) is 19.9 Å². The molecule has 0 unspecified atom stereocenters. The van der Waals surface area contributed by atoms with Gasteiger partial charge in [-0.1, -0.05) is 6.07 Å². The molecule has 0 spiro atoms. The average molecular weight is 300 g/mol. The Bertz CT molecular complexity index is 694. The lowest BCUT2D eigenvalue weighted by atomic mass is 10.3. The maximum absolute atomic E-state index is 5.75. The lowest BCUT2D eigenvalue weighted by Gasteiger charge is -2.14. The van der Waals surface area contributed by atoms with E-state index in [-0.39, 0.29) is 0 Å². The summed E-state index contributed by atoms with van der Waals surface area (Å²) in [6, 6.07) is 4.02. The SMILES string of the molecule is Cc1oc(-c2cccs2)nc1CN(C)Cc1cnccn1. The van der Waals surface area contributed by atoms with E-state index < -0.39 is 0 Å². The molecule has 0 aliphatic heterocycles. The van der Waals surface area contributed by atoms with Crippen LogP contribution < -0.4 is 0 Å². The van der Waals surface area contributed by atoms with Gasteiger partial charge in [-0.2, -0.15) is 0 Å². The number of aromatic nitrogens is 3. The van der Waals surface area contributed by atoms with E-state index in [0.29, 0.717) is 5.89 Å². The van der Waals surface area contributed by atoms with Crippen LogP contribution in [0.2, 0.25) is 0 Å². The summed E-state index contributed by atoms with van der Waals surface area (Å²) in [7, 11) is 2.04. The Labute approximate surface area is 127 Å². The smallest absolute Gasteiger partial charge is 0.236 e. The van der Waals surface area contributed by atoms with Gasteiger partial charge in [0.2, 0.25) is 5.89 Å².